The van der Waals surface area contributed by atoms with Gasteiger partial charge in [0, 0.05) is 6.54 Å². The van der Waals surface area contributed by atoms with Crippen molar-refractivity contribution in [3.8, 4) is 0 Å². The molecule has 5 nitrogen and oxygen atoms in total. The first-order valence-corrected chi connectivity index (χ1v) is 5.40. The summed E-state index contributed by atoms with van der Waals surface area (Å²) >= 11 is 0. The highest BCUT2D eigenvalue weighted by Gasteiger charge is 2.35. The van der Waals surface area contributed by atoms with Crippen LogP contribution >= 0.6 is 0 Å². The van der Waals surface area contributed by atoms with Crippen molar-refractivity contribution < 1.29 is 19.0 Å². The van der Waals surface area contributed by atoms with Crippen LogP contribution in [0.2, 0.25) is 0 Å². The predicted octanol–water partition coefficient (Wildman–Crippen LogP) is 0.870. The molecule has 0 aliphatic carbocycles. The number of carbonyl (C=O) groups is 2. The first-order chi connectivity index (χ1) is 7.56. The van der Waals surface area contributed by atoms with Crippen molar-refractivity contribution in [2.24, 2.45) is 5.92 Å². The van der Waals surface area contributed by atoms with Crippen LogP contribution in [0.5, 0.6) is 0 Å². The van der Waals surface area contributed by atoms with Crippen LogP contribution in [-0.2, 0) is 14.2 Å². The maximum absolute atomic E-state index is 11.6. The second kappa shape index (κ2) is 5.77. The minimum atomic E-state index is -0.593. The molecule has 1 aliphatic rings. The van der Waals surface area contributed by atoms with Gasteiger partial charge in [-0.05, 0) is 18.8 Å². The standard InChI is InChI=1S/C10H16BNO4/c1-7(2)6-15-10(14)12-5-3-4-8(12)9(13)16-11/h7-8H,3-6H2,1-2H3/t8-/m0/s1. The van der Waals surface area contributed by atoms with E-state index in [2.05, 4.69) is 4.65 Å². The molecule has 0 saturated carbocycles. The first kappa shape index (κ1) is 12.9. The van der Waals surface area contributed by atoms with Crippen LogP contribution in [-0.4, -0.2) is 44.2 Å². The molecule has 1 amide bonds. The van der Waals surface area contributed by atoms with Crippen LogP contribution in [0.25, 0.3) is 0 Å². The largest absolute Gasteiger partial charge is 0.542 e. The summed E-state index contributed by atoms with van der Waals surface area (Å²) in [7, 11) is 4.81. The van der Waals surface area contributed by atoms with Gasteiger partial charge in [0.05, 0.1) is 6.61 Å². The maximum Gasteiger partial charge on any atom is 0.410 e. The molecular formula is C10H16BNO4. The Morgan fingerprint density at radius 2 is 2.19 bits per heavy atom. The summed E-state index contributed by atoms with van der Waals surface area (Å²) in [4.78, 5) is 24.3. The molecule has 6 heteroatoms. The molecule has 1 heterocycles. The molecule has 1 atom stereocenters. The normalized spacial score (nSPS) is 19.9. The number of nitrogens with zero attached hydrogens (tertiary/aromatic N) is 1. The van der Waals surface area contributed by atoms with Gasteiger partial charge in [-0.2, -0.15) is 0 Å². The van der Waals surface area contributed by atoms with Gasteiger partial charge in [0.1, 0.15) is 6.04 Å². The van der Waals surface area contributed by atoms with Crippen LogP contribution in [0, 0.1) is 5.92 Å². The van der Waals surface area contributed by atoms with Crippen molar-refractivity contribution in [2.45, 2.75) is 32.7 Å². The molecule has 1 rings (SSSR count). The third kappa shape index (κ3) is 3.15. The van der Waals surface area contributed by atoms with E-state index in [1.54, 1.807) is 0 Å². The summed E-state index contributed by atoms with van der Waals surface area (Å²) in [6.07, 6.45) is 0.866. The molecule has 2 radical (unpaired) electrons. The molecule has 1 saturated heterocycles. The predicted molar refractivity (Wildman–Crippen MR) is 57.8 cm³/mol. The summed E-state index contributed by atoms with van der Waals surface area (Å²) < 4.78 is 9.20. The fraction of sp³-hybridized carbons (Fsp3) is 0.800. The Kier molecular flexibility index (Phi) is 4.64. The van der Waals surface area contributed by atoms with E-state index in [1.807, 2.05) is 13.8 Å². The Hall–Kier alpha value is -1.20. The third-order valence-corrected chi connectivity index (χ3v) is 2.42. The van der Waals surface area contributed by atoms with E-state index in [0.717, 1.165) is 6.42 Å². The van der Waals surface area contributed by atoms with E-state index in [0.29, 0.717) is 19.6 Å². The third-order valence-electron chi connectivity index (χ3n) is 2.42. The van der Waals surface area contributed by atoms with Crippen molar-refractivity contribution in [3.63, 3.8) is 0 Å². The lowest BCUT2D eigenvalue weighted by Crippen LogP contribution is -2.41. The fourth-order valence-corrected chi connectivity index (χ4v) is 1.63. The second-order valence-electron chi connectivity index (χ2n) is 4.26. The highest BCUT2D eigenvalue weighted by Crippen LogP contribution is 2.19. The molecule has 0 N–H and O–H groups in total. The van der Waals surface area contributed by atoms with Crippen LogP contribution < -0.4 is 0 Å². The van der Waals surface area contributed by atoms with E-state index in [1.165, 1.54) is 4.90 Å². The minimum absolute atomic E-state index is 0.270. The van der Waals surface area contributed by atoms with Gasteiger partial charge >= 0.3 is 20.1 Å². The van der Waals surface area contributed by atoms with Gasteiger partial charge < -0.3 is 9.39 Å². The number of carbonyl (C=O) groups excluding carboxylic acids is 2. The summed E-state index contributed by atoms with van der Waals surface area (Å²) in [6, 6.07) is -0.593. The summed E-state index contributed by atoms with van der Waals surface area (Å²) in [6.45, 7) is 4.75. The molecule has 0 aromatic rings. The number of likely N-dealkylation sites (tertiary alicyclic amines) is 1. The van der Waals surface area contributed by atoms with Gasteiger partial charge in [-0.3, -0.25) is 9.69 Å². The van der Waals surface area contributed by atoms with Gasteiger partial charge in [-0.15, -0.1) is 0 Å². The first-order valence-electron chi connectivity index (χ1n) is 5.40. The zero-order valence-corrected chi connectivity index (χ0v) is 9.64. The molecule has 0 bridgehead atoms. The lowest BCUT2D eigenvalue weighted by atomic mass is 10.2. The van der Waals surface area contributed by atoms with E-state index in [-0.39, 0.29) is 5.92 Å². The molecule has 88 valence electrons. The molecule has 0 aromatic heterocycles. The Morgan fingerprint density at radius 3 is 2.75 bits per heavy atom. The number of hydrogen-bond donors (Lipinski definition) is 0. The van der Waals surface area contributed by atoms with E-state index in [9.17, 15) is 9.59 Å². The Bertz CT molecular complexity index is 270. The fourth-order valence-electron chi connectivity index (χ4n) is 1.63. The highest BCUT2D eigenvalue weighted by atomic mass is 16.6. The average Bonchev–Trinajstić information content (AvgIpc) is 2.73. The minimum Gasteiger partial charge on any atom is -0.542 e. The molecular weight excluding hydrogens is 209 g/mol. The van der Waals surface area contributed by atoms with E-state index < -0.39 is 18.1 Å². The summed E-state index contributed by atoms with van der Waals surface area (Å²) in [5, 5.41) is 0. The topological polar surface area (TPSA) is 55.8 Å². The van der Waals surface area contributed by atoms with Crippen molar-refractivity contribution in [2.75, 3.05) is 13.2 Å². The molecule has 16 heavy (non-hydrogen) atoms. The van der Waals surface area contributed by atoms with Gasteiger partial charge in [-0.1, -0.05) is 13.8 Å². The maximum atomic E-state index is 11.6. The number of hydrogen-bond acceptors (Lipinski definition) is 4. The van der Waals surface area contributed by atoms with Crippen LogP contribution in [0.4, 0.5) is 4.79 Å². The Balaban J connectivity index is 2.51. The van der Waals surface area contributed by atoms with Crippen LogP contribution in [0.15, 0.2) is 0 Å². The van der Waals surface area contributed by atoms with Gasteiger partial charge in [-0.25, -0.2) is 4.79 Å². The van der Waals surface area contributed by atoms with Crippen LogP contribution in [0.1, 0.15) is 26.7 Å². The smallest absolute Gasteiger partial charge is 0.410 e. The molecule has 0 unspecified atom stereocenters. The number of amides is 1. The molecule has 0 aromatic carbocycles. The quantitative estimate of drug-likeness (QED) is 0.668. The highest BCUT2D eigenvalue weighted by molar-refractivity contribution is 6.06. The van der Waals surface area contributed by atoms with Gasteiger partial charge in [0.15, 0.2) is 0 Å². The van der Waals surface area contributed by atoms with E-state index >= 15 is 0 Å². The van der Waals surface area contributed by atoms with Crippen molar-refractivity contribution in [1.82, 2.24) is 4.90 Å². The molecule has 1 fully saturated rings. The van der Waals surface area contributed by atoms with Crippen molar-refractivity contribution in [3.05, 3.63) is 0 Å². The van der Waals surface area contributed by atoms with Crippen LogP contribution in [0.3, 0.4) is 0 Å². The van der Waals surface area contributed by atoms with Gasteiger partial charge in [0.25, 0.3) is 0 Å². The second-order valence-corrected chi connectivity index (χ2v) is 4.26. The van der Waals surface area contributed by atoms with E-state index in [4.69, 9.17) is 12.8 Å². The summed E-state index contributed by atoms with van der Waals surface area (Å²) in [5.41, 5.74) is 0. The SMILES string of the molecule is [B]OC(=O)[C@@H]1CCCN1C(=O)OCC(C)C. The zero-order chi connectivity index (χ0) is 12.1. The van der Waals surface area contributed by atoms with Crippen molar-refractivity contribution in [1.29, 1.82) is 0 Å². The Labute approximate surface area is 96.5 Å². The molecule has 1 aliphatic heterocycles. The van der Waals surface area contributed by atoms with Gasteiger partial charge in [0.2, 0.25) is 0 Å². The monoisotopic (exact) mass is 225 g/mol. The Morgan fingerprint density at radius 1 is 1.50 bits per heavy atom. The zero-order valence-electron chi connectivity index (χ0n) is 9.64. The number of rotatable bonds is 3. The number of ether oxygens (including phenoxy) is 1. The lowest BCUT2D eigenvalue weighted by Gasteiger charge is -2.22. The van der Waals surface area contributed by atoms with Crippen molar-refractivity contribution >= 4 is 20.1 Å². The average molecular weight is 225 g/mol. The lowest BCUT2D eigenvalue weighted by molar-refractivity contribution is -0.138. The molecule has 0 spiro atoms. The summed E-state index contributed by atoms with van der Waals surface area (Å²) in [5.74, 6) is -0.314.